The molecule has 0 unspecified atom stereocenters. The molecule has 2 aliphatic rings. The van der Waals surface area contributed by atoms with Crippen LogP contribution < -0.4 is 5.73 Å². The summed E-state index contributed by atoms with van der Waals surface area (Å²) < 4.78 is 0. The second-order valence-corrected chi connectivity index (χ2v) is 6.61. The lowest BCUT2D eigenvalue weighted by Gasteiger charge is -2.50. The second-order valence-electron chi connectivity index (χ2n) is 6.61. The maximum atomic E-state index is 6.13. The van der Waals surface area contributed by atoms with Crippen molar-refractivity contribution in [3.8, 4) is 0 Å². The summed E-state index contributed by atoms with van der Waals surface area (Å²) in [5, 5.41) is 0. The molecule has 0 radical (unpaired) electrons. The standard InChI is InChI=1S/C14H28N2/c1-4-16(12-5-6-12)14(11-15)9-7-13(2,3)8-10-14/h12H,4-11,15H2,1-3H3. The van der Waals surface area contributed by atoms with Crippen molar-refractivity contribution in [2.24, 2.45) is 11.1 Å². The number of nitrogens with zero attached hydrogens (tertiary/aromatic N) is 1. The minimum atomic E-state index is 0.339. The molecule has 94 valence electrons. The van der Waals surface area contributed by atoms with Crippen LogP contribution in [0.1, 0.15) is 59.3 Å². The molecular weight excluding hydrogens is 196 g/mol. The number of hydrogen-bond donors (Lipinski definition) is 1. The van der Waals surface area contributed by atoms with E-state index in [0.29, 0.717) is 11.0 Å². The monoisotopic (exact) mass is 224 g/mol. The third kappa shape index (κ3) is 2.28. The van der Waals surface area contributed by atoms with Crippen molar-refractivity contribution in [2.45, 2.75) is 70.9 Å². The third-order valence-corrected chi connectivity index (χ3v) is 4.85. The lowest BCUT2D eigenvalue weighted by molar-refractivity contribution is 0.0204. The smallest absolute Gasteiger partial charge is 0.0334 e. The van der Waals surface area contributed by atoms with Crippen LogP contribution in [0.4, 0.5) is 0 Å². The fourth-order valence-corrected chi connectivity index (χ4v) is 3.37. The van der Waals surface area contributed by atoms with E-state index in [1.54, 1.807) is 0 Å². The maximum absolute atomic E-state index is 6.13. The van der Waals surface area contributed by atoms with E-state index in [4.69, 9.17) is 5.73 Å². The summed E-state index contributed by atoms with van der Waals surface area (Å²) in [6.45, 7) is 9.15. The summed E-state index contributed by atoms with van der Waals surface area (Å²) >= 11 is 0. The molecule has 2 nitrogen and oxygen atoms in total. The third-order valence-electron chi connectivity index (χ3n) is 4.85. The van der Waals surface area contributed by atoms with Gasteiger partial charge in [-0.1, -0.05) is 20.8 Å². The zero-order valence-electron chi connectivity index (χ0n) is 11.3. The van der Waals surface area contributed by atoms with Crippen LogP contribution in [-0.4, -0.2) is 29.6 Å². The lowest BCUT2D eigenvalue weighted by atomic mass is 9.68. The summed E-state index contributed by atoms with van der Waals surface area (Å²) in [4.78, 5) is 2.72. The van der Waals surface area contributed by atoms with Crippen molar-refractivity contribution in [2.75, 3.05) is 13.1 Å². The van der Waals surface area contributed by atoms with Gasteiger partial charge in [-0.3, -0.25) is 4.90 Å². The Bertz CT molecular complexity index is 233. The van der Waals surface area contributed by atoms with Crippen LogP contribution in [0.25, 0.3) is 0 Å². The van der Waals surface area contributed by atoms with Gasteiger partial charge in [-0.25, -0.2) is 0 Å². The van der Waals surface area contributed by atoms with Crippen LogP contribution >= 0.6 is 0 Å². The van der Waals surface area contributed by atoms with Crippen LogP contribution in [0.2, 0.25) is 0 Å². The van der Waals surface area contributed by atoms with Gasteiger partial charge in [0.05, 0.1) is 0 Å². The van der Waals surface area contributed by atoms with Crippen LogP contribution in [0, 0.1) is 5.41 Å². The summed E-state index contributed by atoms with van der Waals surface area (Å²) in [7, 11) is 0. The minimum absolute atomic E-state index is 0.339. The highest BCUT2D eigenvalue weighted by Crippen LogP contribution is 2.45. The number of likely N-dealkylation sites (N-methyl/N-ethyl adjacent to an activating group) is 1. The van der Waals surface area contributed by atoms with Crippen LogP contribution in [0.15, 0.2) is 0 Å². The zero-order chi connectivity index (χ0) is 11.8. The molecule has 2 aliphatic carbocycles. The molecule has 2 N–H and O–H groups in total. The Balaban J connectivity index is 2.07. The first-order valence-corrected chi connectivity index (χ1v) is 7.00. The van der Waals surface area contributed by atoms with Crippen molar-refractivity contribution in [1.29, 1.82) is 0 Å². The SMILES string of the molecule is CCN(C1CC1)C1(CN)CCC(C)(C)CC1. The maximum Gasteiger partial charge on any atom is 0.0334 e. The molecule has 2 rings (SSSR count). The normalized spacial score (nSPS) is 28.3. The topological polar surface area (TPSA) is 29.3 Å². The van der Waals surface area contributed by atoms with Gasteiger partial charge in [0, 0.05) is 18.1 Å². The van der Waals surface area contributed by atoms with E-state index in [1.165, 1.54) is 45.1 Å². The summed E-state index contributed by atoms with van der Waals surface area (Å²) in [6, 6.07) is 0.856. The fourth-order valence-electron chi connectivity index (χ4n) is 3.37. The average Bonchev–Trinajstić information content (AvgIpc) is 3.06. The zero-order valence-corrected chi connectivity index (χ0v) is 11.3. The van der Waals surface area contributed by atoms with E-state index in [1.807, 2.05) is 0 Å². The van der Waals surface area contributed by atoms with E-state index < -0.39 is 0 Å². The van der Waals surface area contributed by atoms with Crippen LogP contribution in [0.5, 0.6) is 0 Å². The molecule has 0 heterocycles. The van der Waals surface area contributed by atoms with Crippen molar-refractivity contribution in [3.05, 3.63) is 0 Å². The highest BCUT2D eigenvalue weighted by atomic mass is 15.3. The quantitative estimate of drug-likeness (QED) is 0.795. The van der Waals surface area contributed by atoms with E-state index in [9.17, 15) is 0 Å². The number of nitrogens with two attached hydrogens (primary N) is 1. The molecule has 0 amide bonds. The van der Waals surface area contributed by atoms with Gasteiger partial charge in [-0.15, -0.1) is 0 Å². The largest absolute Gasteiger partial charge is 0.329 e. The summed E-state index contributed by atoms with van der Waals surface area (Å²) in [5.41, 5.74) is 7.01. The molecule has 0 aromatic rings. The number of hydrogen-bond acceptors (Lipinski definition) is 2. The van der Waals surface area contributed by atoms with E-state index in [0.717, 1.165) is 12.6 Å². The van der Waals surface area contributed by atoms with Gasteiger partial charge in [-0.05, 0) is 50.5 Å². The van der Waals surface area contributed by atoms with Crippen molar-refractivity contribution < 1.29 is 0 Å². The summed E-state index contributed by atoms with van der Waals surface area (Å²) in [6.07, 6.45) is 8.10. The molecule has 0 saturated heterocycles. The first-order chi connectivity index (χ1) is 7.53. The van der Waals surface area contributed by atoms with E-state index in [-0.39, 0.29) is 0 Å². The van der Waals surface area contributed by atoms with Gasteiger partial charge in [-0.2, -0.15) is 0 Å². The molecule has 0 spiro atoms. The Labute approximate surface area is 101 Å². The predicted octanol–water partition coefficient (Wildman–Crippen LogP) is 2.77. The molecule has 2 heteroatoms. The van der Waals surface area contributed by atoms with Crippen molar-refractivity contribution in [3.63, 3.8) is 0 Å². The highest BCUT2D eigenvalue weighted by molar-refractivity contribution is 5.02. The molecule has 2 saturated carbocycles. The molecule has 0 bridgehead atoms. The van der Waals surface area contributed by atoms with Gasteiger partial charge < -0.3 is 5.73 Å². The lowest BCUT2D eigenvalue weighted by Crippen LogP contribution is -2.57. The molecule has 0 aromatic carbocycles. The Morgan fingerprint density at radius 3 is 2.06 bits per heavy atom. The van der Waals surface area contributed by atoms with Gasteiger partial charge in [0.1, 0.15) is 0 Å². The van der Waals surface area contributed by atoms with Crippen molar-refractivity contribution >= 4 is 0 Å². The molecule has 16 heavy (non-hydrogen) atoms. The van der Waals surface area contributed by atoms with E-state index >= 15 is 0 Å². The van der Waals surface area contributed by atoms with Gasteiger partial charge >= 0.3 is 0 Å². The predicted molar refractivity (Wildman–Crippen MR) is 69.4 cm³/mol. The Kier molecular flexibility index (Phi) is 3.33. The average molecular weight is 224 g/mol. The van der Waals surface area contributed by atoms with Gasteiger partial charge in [0.25, 0.3) is 0 Å². The van der Waals surface area contributed by atoms with Crippen LogP contribution in [0.3, 0.4) is 0 Å². The second kappa shape index (κ2) is 4.30. The highest BCUT2D eigenvalue weighted by Gasteiger charge is 2.45. The first-order valence-electron chi connectivity index (χ1n) is 7.00. The summed E-state index contributed by atoms with van der Waals surface area (Å²) in [5.74, 6) is 0. The molecular formula is C14H28N2. The first kappa shape index (κ1) is 12.4. The van der Waals surface area contributed by atoms with Gasteiger partial charge in [0.2, 0.25) is 0 Å². The minimum Gasteiger partial charge on any atom is -0.329 e. The van der Waals surface area contributed by atoms with Gasteiger partial charge in [0.15, 0.2) is 0 Å². The molecule has 0 aromatic heterocycles. The van der Waals surface area contributed by atoms with E-state index in [2.05, 4.69) is 25.7 Å². The Morgan fingerprint density at radius 2 is 1.69 bits per heavy atom. The molecule has 0 atom stereocenters. The molecule has 2 fully saturated rings. The van der Waals surface area contributed by atoms with Crippen molar-refractivity contribution in [1.82, 2.24) is 4.90 Å². The molecule has 0 aliphatic heterocycles. The Hall–Kier alpha value is -0.0800. The Morgan fingerprint density at radius 1 is 1.12 bits per heavy atom. The number of rotatable bonds is 4. The van der Waals surface area contributed by atoms with Crippen LogP contribution in [-0.2, 0) is 0 Å². The fraction of sp³-hybridized carbons (Fsp3) is 1.00.